The molecule has 0 radical (unpaired) electrons. The van der Waals surface area contributed by atoms with E-state index in [2.05, 4.69) is 15.1 Å². The molecule has 0 aliphatic carbocycles. The molecule has 0 unspecified atom stereocenters. The largest absolute Gasteiger partial charge is 0.418 e. The van der Waals surface area contributed by atoms with Gasteiger partial charge in [0.15, 0.2) is 0 Å². The van der Waals surface area contributed by atoms with Gasteiger partial charge in [-0.25, -0.2) is 4.79 Å². The third-order valence-corrected chi connectivity index (χ3v) is 5.65. The number of rotatable bonds is 5. The Hall–Kier alpha value is -3.22. The van der Waals surface area contributed by atoms with Gasteiger partial charge in [0.1, 0.15) is 6.04 Å². The maximum atomic E-state index is 12.5. The molecule has 2 fully saturated rings. The number of fused-ring (bicyclic) bond motifs is 3. The number of nitrogens with zero attached hydrogens (tertiary/aromatic N) is 2. The molecule has 2 aromatic carbocycles. The van der Waals surface area contributed by atoms with Crippen LogP contribution in [0.1, 0.15) is 18.4 Å². The molecule has 2 aliphatic heterocycles. The second kappa shape index (κ2) is 8.13. The molecule has 2 bridgehead atoms. The van der Waals surface area contributed by atoms with Gasteiger partial charge >= 0.3 is 16.4 Å². The monoisotopic (exact) mass is 448 g/mol. The summed E-state index contributed by atoms with van der Waals surface area (Å²) in [6, 6.07) is 11.0. The number of hydrogen-bond donors (Lipinski definition) is 3. The van der Waals surface area contributed by atoms with Crippen molar-refractivity contribution in [1.82, 2.24) is 20.8 Å². The van der Waals surface area contributed by atoms with Gasteiger partial charge in [0.05, 0.1) is 12.5 Å². The number of hydrogen-bond acceptors (Lipinski definition) is 6. The summed E-state index contributed by atoms with van der Waals surface area (Å²) in [4.78, 5) is 38.2. The number of carbonyl (C=O) groups excluding carboxylic acids is 3. The van der Waals surface area contributed by atoms with E-state index < -0.39 is 40.3 Å². The number of urea groups is 1. The van der Waals surface area contributed by atoms with Crippen LogP contribution in [0.25, 0.3) is 10.8 Å². The highest BCUT2D eigenvalue weighted by Gasteiger charge is 2.49. The van der Waals surface area contributed by atoms with E-state index in [9.17, 15) is 22.8 Å². The minimum Gasteiger partial charge on any atom is -0.309 e. The highest BCUT2D eigenvalue weighted by molar-refractivity contribution is 7.80. The molecule has 12 heteroatoms. The SMILES string of the molecule is O=C(Cc1ccc2ccccc2c1)NNC(=O)[C@@H]1CC[C@@H]2CN1C(=O)N2OS(=O)(=O)O. The first kappa shape index (κ1) is 21.0. The average molecular weight is 448 g/mol. The Morgan fingerprint density at radius 3 is 2.58 bits per heavy atom. The van der Waals surface area contributed by atoms with E-state index in [0.717, 1.165) is 21.2 Å². The molecule has 11 nitrogen and oxygen atoms in total. The number of piperidine rings is 1. The van der Waals surface area contributed by atoms with Crippen molar-refractivity contribution in [1.29, 1.82) is 0 Å². The Bertz CT molecular complexity index is 1150. The van der Waals surface area contributed by atoms with Gasteiger partial charge in [0, 0.05) is 6.54 Å². The Balaban J connectivity index is 1.33. The van der Waals surface area contributed by atoms with Gasteiger partial charge in [-0.3, -0.25) is 25.0 Å². The van der Waals surface area contributed by atoms with Crippen molar-refractivity contribution in [2.75, 3.05) is 6.54 Å². The van der Waals surface area contributed by atoms with Crippen molar-refractivity contribution in [3.05, 3.63) is 48.0 Å². The molecule has 0 spiro atoms. The first-order valence-corrected chi connectivity index (χ1v) is 10.9. The van der Waals surface area contributed by atoms with Crippen LogP contribution in [0.15, 0.2) is 42.5 Å². The summed E-state index contributed by atoms with van der Waals surface area (Å²) in [5.74, 6) is -1.03. The normalized spacial score (nSPS) is 20.7. The lowest BCUT2D eigenvalue weighted by atomic mass is 10.0. The Morgan fingerprint density at radius 2 is 1.84 bits per heavy atom. The van der Waals surface area contributed by atoms with Crippen LogP contribution in [0.3, 0.4) is 0 Å². The minimum atomic E-state index is -4.86. The molecule has 2 atom stereocenters. The third-order valence-electron chi connectivity index (χ3n) is 5.30. The van der Waals surface area contributed by atoms with Gasteiger partial charge in [-0.1, -0.05) is 42.5 Å². The van der Waals surface area contributed by atoms with Crippen molar-refractivity contribution in [2.24, 2.45) is 0 Å². The predicted octanol–water partition coefficient (Wildman–Crippen LogP) is 0.533. The fourth-order valence-electron chi connectivity index (χ4n) is 3.90. The second-order valence-electron chi connectivity index (χ2n) is 7.41. The predicted molar refractivity (Wildman–Crippen MR) is 107 cm³/mol. The van der Waals surface area contributed by atoms with Crippen LogP contribution in [0.2, 0.25) is 0 Å². The highest BCUT2D eigenvalue weighted by Crippen LogP contribution is 2.30. The second-order valence-corrected chi connectivity index (χ2v) is 8.41. The molecule has 164 valence electrons. The van der Waals surface area contributed by atoms with E-state index in [1.165, 1.54) is 0 Å². The van der Waals surface area contributed by atoms with Gasteiger partial charge in [-0.05, 0) is 29.2 Å². The van der Waals surface area contributed by atoms with E-state index in [1.807, 2.05) is 42.5 Å². The summed E-state index contributed by atoms with van der Waals surface area (Å²) in [5.41, 5.74) is 5.43. The van der Waals surface area contributed by atoms with E-state index in [-0.39, 0.29) is 19.4 Å². The molecule has 2 aliphatic rings. The minimum absolute atomic E-state index is 0.0521. The summed E-state index contributed by atoms with van der Waals surface area (Å²) >= 11 is 0. The quantitative estimate of drug-likeness (QED) is 0.447. The lowest BCUT2D eigenvalue weighted by Crippen LogP contribution is -2.54. The maximum absolute atomic E-state index is 12.5. The zero-order valence-electron chi connectivity index (χ0n) is 16.2. The molecule has 2 aromatic rings. The van der Waals surface area contributed by atoms with Crippen LogP contribution < -0.4 is 10.9 Å². The van der Waals surface area contributed by atoms with Crippen LogP contribution in [0, 0.1) is 0 Å². The number of carbonyl (C=O) groups is 3. The molecule has 4 amide bonds. The summed E-state index contributed by atoms with van der Waals surface area (Å²) in [6.07, 6.45) is 0.589. The fraction of sp³-hybridized carbons (Fsp3) is 0.316. The molecule has 4 rings (SSSR count). The topological polar surface area (TPSA) is 145 Å². The molecule has 2 heterocycles. The first-order chi connectivity index (χ1) is 14.7. The summed E-state index contributed by atoms with van der Waals surface area (Å²) in [7, 11) is -4.86. The van der Waals surface area contributed by atoms with Crippen LogP contribution in [-0.2, 0) is 30.7 Å². The summed E-state index contributed by atoms with van der Waals surface area (Å²) in [5, 5.41) is 2.61. The summed E-state index contributed by atoms with van der Waals surface area (Å²) in [6.45, 7) is 0.0669. The molecule has 0 aromatic heterocycles. The average Bonchev–Trinajstić information content (AvgIpc) is 2.95. The van der Waals surface area contributed by atoms with E-state index in [0.29, 0.717) is 11.5 Å². The zero-order chi connectivity index (χ0) is 22.2. The van der Waals surface area contributed by atoms with Crippen molar-refractivity contribution in [3.8, 4) is 0 Å². The molecule has 3 N–H and O–H groups in total. The highest BCUT2D eigenvalue weighted by atomic mass is 32.3. The van der Waals surface area contributed by atoms with Crippen molar-refractivity contribution in [3.63, 3.8) is 0 Å². The molecule has 31 heavy (non-hydrogen) atoms. The molecule has 2 saturated heterocycles. The smallest absolute Gasteiger partial charge is 0.309 e. The number of hydrazine groups is 1. The first-order valence-electron chi connectivity index (χ1n) is 9.54. The zero-order valence-corrected chi connectivity index (χ0v) is 17.0. The Morgan fingerprint density at radius 1 is 1.10 bits per heavy atom. The molecular formula is C19H20N4O7S. The third kappa shape index (κ3) is 4.60. The van der Waals surface area contributed by atoms with Crippen LogP contribution >= 0.6 is 0 Å². The van der Waals surface area contributed by atoms with Gasteiger partial charge in [-0.15, -0.1) is 4.28 Å². The number of hydroxylamine groups is 2. The fourth-order valence-corrected chi connectivity index (χ4v) is 4.29. The molecule has 0 saturated carbocycles. The van der Waals surface area contributed by atoms with E-state index >= 15 is 0 Å². The van der Waals surface area contributed by atoms with E-state index in [4.69, 9.17) is 4.55 Å². The van der Waals surface area contributed by atoms with Gasteiger partial charge in [-0.2, -0.15) is 13.5 Å². The lowest BCUT2D eigenvalue weighted by Gasteiger charge is -2.29. The van der Waals surface area contributed by atoms with Gasteiger partial charge in [0.2, 0.25) is 5.91 Å². The maximum Gasteiger partial charge on any atom is 0.418 e. The number of amides is 4. The number of nitrogens with one attached hydrogen (secondary N) is 2. The standard InChI is InChI=1S/C19H20N4O7S/c24-17(10-12-5-6-13-3-1-2-4-14(13)9-12)20-21-18(25)16-8-7-15-11-22(16)19(26)23(15)30-31(27,28)29/h1-6,9,15-16H,7-8,10-11H2,(H,20,24)(H,21,25)(H,27,28,29)/t15-,16+/m1/s1. The van der Waals surface area contributed by atoms with Crippen LogP contribution in [0.5, 0.6) is 0 Å². The van der Waals surface area contributed by atoms with Crippen molar-refractivity contribution in [2.45, 2.75) is 31.3 Å². The number of benzene rings is 2. The van der Waals surface area contributed by atoms with Crippen molar-refractivity contribution >= 4 is 39.0 Å². The lowest BCUT2D eigenvalue weighted by molar-refractivity contribution is -0.131. The van der Waals surface area contributed by atoms with Crippen LogP contribution in [0.4, 0.5) is 4.79 Å². The summed E-state index contributed by atoms with van der Waals surface area (Å²) < 4.78 is 35.0. The molecular weight excluding hydrogens is 428 g/mol. The van der Waals surface area contributed by atoms with Crippen LogP contribution in [-0.4, -0.2) is 59.4 Å². The van der Waals surface area contributed by atoms with Crippen molar-refractivity contribution < 1.29 is 31.6 Å². The Labute approximate surface area is 177 Å². The van der Waals surface area contributed by atoms with Gasteiger partial charge in [0.25, 0.3) is 5.91 Å². The Kier molecular flexibility index (Phi) is 5.52. The van der Waals surface area contributed by atoms with E-state index in [1.54, 1.807) is 0 Å². The van der Waals surface area contributed by atoms with Gasteiger partial charge < -0.3 is 4.90 Å².